The van der Waals surface area contributed by atoms with Crippen molar-refractivity contribution in [1.82, 2.24) is 0 Å². The molecule has 2 nitrogen and oxygen atoms in total. The van der Waals surface area contributed by atoms with Crippen LogP contribution in [0.25, 0.3) is 0 Å². The van der Waals surface area contributed by atoms with Crippen LogP contribution < -0.4 is 5.32 Å². The fourth-order valence-corrected chi connectivity index (χ4v) is 2.52. The number of hydrogen-bond donors (Lipinski definition) is 1. The van der Waals surface area contributed by atoms with Crippen LogP contribution in [0.2, 0.25) is 0 Å². The number of halogens is 1. The fourth-order valence-electron chi connectivity index (χ4n) is 2.52. The number of rotatable bonds is 2. The molecule has 0 saturated heterocycles. The van der Waals surface area contributed by atoms with E-state index in [9.17, 15) is 4.39 Å². The lowest BCUT2D eigenvalue weighted by Gasteiger charge is -2.35. The smallest absolute Gasteiger partial charge is 0.143 e. The van der Waals surface area contributed by atoms with Crippen molar-refractivity contribution in [3.63, 3.8) is 0 Å². The van der Waals surface area contributed by atoms with Crippen molar-refractivity contribution in [1.29, 1.82) is 5.26 Å². The molecule has 0 amide bonds. The molecule has 0 bridgehead atoms. The van der Waals surface area contributed by atoms with Crippen molar-refractivity contribution < 1.29 is 4.39 Å². The summed E-state index contributed by atoms with van der Waals surface area (Å²) in [6.45, 7) is 2.15. The normalized spacial score (nSPS) is 18.4. The van der Waals surface area contributed by atoms with E-state index in [0.717, 1.165) is 12.8 Å². The molecule has 1 fully saturated rings. The van der Waals surface area contributed by atoms with Gasteiger partial charge >= 0.3 is 0 Å². The van der Waals surface area contributed by atoms with Crippen LogP contribution in [-0.4, -0.2) is 5.54 Å². The molecule has 2 rings (SSSR count). The van der Waals surface area contributed by atoms with Crippen LogP contribution in [0, 0.1) is 17.1 Å². The Labute approximate surface area is 101 Å². The Bertz CT molecular complexity index is 442. The summed E-state index contributed by atoms with van der Waals surface area (Å²) in [7, 11) is 0. The summed E-state index contributed by atoms with van der Waals surface area (Å²) < 4.78 is 13.5. The van der Waals surface area contributed by atoms with E-state index in [1.54, 1.807) is 12.1 Å². The molecule has 0 atom stereocenters. The monoisotopic (exact) mass is 232 g/mol. The Morgan fingerprint density at radius 3 is 2.65 bits per heavy atom. The number of nitrogens with one attached hydrogen (secondary N) is 1. The summed E-state index contributed by atoms with van der Waals surface area (Å²) in [5.41, 5.74) is 0.744. The van der Waals surface area contributed by atoms with E-state index < -0.39 is 5.82 Å². The van der Waals surface area contributed by atoms with Crippen molar-refractivity contribution in [3.8, 4) is 6.07 Å². The maximum absolute atomic E-state index is 13.5. The largest absolute Gasteiger partial charge is 0.379 e. The molecule has 0 aliphatic heterocycles. The average molecular weight is 232 g/mol. The quantitative estimate of drug-likeness (QED) is 0.841. The number of nitrogens with zero attached hydrogens (tertiary/aromatic N) is 1. The topological polar surface area (TPSA) is 35.8 Å². The molecule has 1 aromatic carbocycles. The van der Waals surface area contributed by atoms with Gasteiger partial charge in [-0.15, -0.1) is 0 Å². The minimum absolute atomic E-state index is 0.00234. The molecule has 1 aromatic rings. The summed E-state index contributed by atoms with van der Waals surface area (Å²) in [4.78, 5) is 0. The van der Waals surface area contributed by atoms with Crippen LogP contribution in [0.1, 0.15) is 44.6 Å². The zero-order chi connectivity index (χ0) is 12.3. The van der Waals surface area contributed by atoms with Crippen LogP contribution in [0.5, 0.6) is 0 Å². The maximum atomic E-state index is 13.5. The third-order valence-corrected chi connectivity index (χ3v) is 3.52. The Morgan fingerprint density at radius 2 is 2.00 bits per heavy atom. The molecule has 0 spiro atoms. The lowest BCUT2D eigenvalue weighted by molar-refractivity contribution is 0.349. The van der Waals surface area contributed by atoms with Crippen LogP contribution in [0.4, 0.5) is 10.1 Å². The van der Waals surface area contributed by atoms with Crippen LogP contribution >= 0.6 is 0 Å². The second kappa shape index (κ2) is 4.75. The first kappa shape index (κ1) is 11.9. The third-order valence-electron chi connectivity index (χ3n) is 3.52. The Morgan fingerprint density at radius 1 is 1.29 bits per heavy atom. The molecule has 1 N–H and O–H groups in total. The van der Waals surface area contributed by atoms with Crippen molar-refractivity contribution in [2.24, 2.45) is 0 Å². The summed E-state index contributed by atoms with van der Waals surface area (Å²) in [6, 6.07) is 6.68. The molecule has 0 heterocycles. The summed E-state index contributed by atoms with van der Waals surface area (Å²) in [6.07, 6.45) is 5.82. The van der Waals surface area contributed by atoms with Gasteiger partial charge in [0, 0.05) is 5.54 Å². The summed E-state index contributed by atoms with van der Waals surface area (Å²) in [5, 5.41) is 12.3. The van der Waals surface area contributed by atoms with Crippen LogP contribution in [-0.2, 0) is 0 Å². The maximum Gasteiger partial charge on any atom is 0.143 e. The van der Waals surface area contributed by atoms with Gasteiger partial charge in [-0.2, -0.15) is 5.26 Å². The van der Waals surface area contributed by atoms with E-state index in [2.05, 4.69) is 12.2 Å². The zero-order valence-electron chi connectivity index (χ0n) is 10.1. The molecule has 1 aliphatic carbocycles. The van der Waals surface area contributed by atoms with E-state index in [1.165, 1.54) is 25.3 Å². The van der Waals surface area contributed by atoms with Gasteiger partial charge in [0.2, 0.25) is 0 Å². The molecule has 1 saturated carbocycles. The van der Waals surface area contributed by atoms with Gasteiger partial charge in [-0.25, -0.2) is 4.39 Å². The Kier molecular flexibility index (Phi) is 3.33. The van der Waals surface area contributed by atoms with E-state index in [1.807, 2.05) is 6.07 Å². The number of benzene rings is 1. The highest BCUT2D eigenvalue weighted by Gasteiger charge is 2.27. The Balaban J connectivity index is 2.24. The van der Waals surface area contributed by atoms with E-state index >= 15 is 0 Å². The number of nitriles is 1. The SMILES string of the molecule is CC1(Nc2cccc(F)c2C#N)CCCCC1. The molecule has 17 heavy (non-hydrogen) atoms. The molecule has 0 unspecified atom stereocenters. The van der Waals surface area contributed by atoms with E-state index in [-0.39, 0.29) is 11.1 Å². The van der Waals surface area contributed by atoms with Crippen LogP contribution in [0.3, 0.4) is 0 Å². The molecule has 3 heteroatoms. The van der Waals surface area contributed by atoms with Gasteiger partial charge in [-0.1, -0.05) is 25.3 Å². The highest BCUT2D eigenvalue weighted by Crippen LogP contribution is 2.32. The second-order valence-corrected chi connectivity index (χ2v) is 5.02. The van der Waals surface area contributed by atoms with Gasteiger partial charge in [0.05, 0.1) is 5.69 Å². The van der Waals surface area contributed by atoms with Crippen molar-refractivity contribution in [3.05, 3.63) is 29.6 Å². The molecule has 1 aliphatic rings. The van der Waals surface area contributed by atoms with Gasteiger partial charge in [-0.05, 0) is 31.9 Å². The molecule has 0 radical (unpaired) electrons. The van der Waals surface area contributed by atoms with Crippen LogP contribution in [0.15, 0.2) is 18.2 Å². The van der Waals surface area contributed by atoms with Crippen molar-refractivity contribution >= 4 is 5.69 Å². The highest BCUT2D eigenvalue weighted by molar-refractivity contribution is 5.59. The standard InChI is InChI=1S/C14H17FN2/c1-14(8-3-2-4-9-14)17-13-7-5-6-12(15)11(13)10-16/h5-7,17H,2-4,8-9H2,1H3. The molecular formula is C14H17FN2. The van der Waals surface area contributed by atoms with Gasteiger partial charge in [0.1, 0.15) is 17.4 Å². The summed E-state index contributed by atoms with van der Waals surface area (Å²) in [5.74, 6) is -0.447. The molecular weight excluding hydrogens is 215 g/mol. The van der Waals surface area contributed by atoms with Crippen molar-refractivity contribution in [2.75, 3.05) is 5.32 Å². The molecule has 0 aromatic heterocycles. The van der Waals surface area contributed by atoms with Gasteiger partial charge in [0.15, 0.2) is 0 Å². The predicted octanol–water partition coefficient (Wildman–Crippen LogP) is 3.83. The first-order valence-corrected chi connectivity index (χ1v) is 6.11. The van der Waals surface area contributed by atoms with Gasteiger partial charge < -0.3 is 5.32 Å². The minimum atomic E-state index is -0.447. The number of anilines is 1. The first-order chi connectivity index (χ1) is 8.14. The third kappa shape index (κ3) is 2.58. The van der Waals surface area contributed by atoms with E-state index in [4.69, 9.17) is 5.26 Å². The van der Waals surface area contributed by atoms with Crippen molar-refractivity contribution in [2.45, 2.75) is 44.6 Å². The van der Waals surface area contributed by atoms with Gasteiger partial charge in [-0.3, -0.25) is 0 Å². The van der Waals surface area contributed by atoms with E-state index in [0.29, 0.717) is 5.69 Å². The summed E-state index contributed by atoms with van der Waals surface area (Å²) >= 11 is 0. The van der Waals surface area contributed by atoms with Gasteiger partial charge in [0.25, 0.3) is 0 Å². The fraction of sp³-hybridized carbons (Fsp3) is 0.500. The zero-order valence-corrected chi connectivity index (χ0v) is 10.1. The first-order valence-electron chi connectivity index (χ1n) is 6.11. The Hall–Kier alpha value is -1.56. The number of hydrogen-bond acceptors (Lipinski definition) is 2. The minimum Gasteiger partial charge on any atom is -0.379 e. The predicted molar refractivity (Wildman–Crippen MR) is 66.2 cm³/mol. The second-order valence-electron chi connectivity index (χ2n) is 5.02. The lowest BCUT2D eigenvalue weighted by atomic mass is 9.83. The average Bonchev–Trinajstić information content (AvgIpc) is 2.30. The lowest BCUT2D eigenvalue weighted by Crippen LogP contribution is -2.37. The molecule has 90 valence electrons. The highest BCUT2D eigenvalue weighted by atomic mass is 19.1.